The highest BCUT2D eigenvalue weighted by Gasteiger charge is 2.28. The largest absolute Gasteiger partial charge is 0.482 e. The highest BCUT2D eigenvalue weighted by atomic mass is 16.6. The van der Waals surface area contributed by atoms with Gasteiger partial charge in [0.1, 0.15) is 6.10 Å². The fraction of sp³-hybridized carbons (Fsp3) is 0.500. The standard InChI is InChI=1S/C14H19N3O4/c1-16(2)14(18)9-6-7-11(17(19)20)13(8-9)21-12-5-3-4-10(12)15/h6-8,10,12H,3-5,15H2,1-2H3. The molecule has 1 aromatic rings. The second-order valence-corrected chi connectivity index (χ2v) is 5.39. The van der Waals surface area contributed by atoms with Crippen LogP contribution in [0, 0.1) is 10.1 Å². The van der Waals surface area contributed by atoms with Gasteiger partial charge in [0.15, 0.2) is 5.75 Å². The summed E-state index contributed by atoms with van der Waals surface area (Å²) in [7, 11) is 3.24. The molecule has 1 aromatic carbocycles. The summed E-state index contributed by atoms with van der Waals surface area (Å²) in [6, 6.07) is 4.03. The number of nitro benzene ring substituents is 1. The molecule has 0 aromatic heterocycles. The van der Waals surface area contributed by atoms with E-state index in [4.69, 9.17) is 10.5 Å². The highest BCUT2D eigenvalue weighted by molar-refractivity contribution is 5.94. The molecule has 7 nitrogen and oxygen atoms in total. The average Bonchev–Trinajstić information content (AvgIpc) is 2.83. The highest BCUT2D eigenvalue weighted by Crippen LogP contribution is 2.32. The Hall–Kier alpha value is -2.15. The van der Waals surface area contributed by atoms with Gasteiger partial charge in [0, 0.05) is 37.8 Å². The van der Waals surface area contributed by atoms with Crippen LogP contribution in [0.1, 0.15) is 29.6 Å². The van der Waals surface area contributed by atoms with E-state index in [1.165, 1.54) is 23.1 Å². The van der Waals surface area contributed by atoms with Gasteiger partial charge in [0.05, 0.1) is 4.92 Å². The molecule has 1 saturated carbocycles. The molecule has 2 atom stereocenters. The Kier molecular flexibility index (Phi) is 4.42. The van der Waals surface area contributed by atoms with Gasteiger partial charge >= 0.3 is 5.69 Å². The van der Waals surface area contributed by atoms with Crippen molar-refractivity contribution in [2.24, 2.45) is 5.73 Å². The lowest BCUT2D eigenvalue weighted by Gasteiger charge is -2.18. The van der Waals surface area contributed by atoms with Crippen molar-refractivity contribution in [1.29, 1.82) is 0 Å². The smallest absolute Gasteiger partial charge is 0.310 e. The lowest BCUT2D eigenvalue weighted by atomic mass is 10.1. The van der Waals surface area contributed by atoms with Crippen molar-refractivity contribution in [3.8, 4) is 5.75 Å². The van der Waals surface area contributed by atoms with E-state index in [9.17, 15) is 14.9 Å². The third kappa shape index (κ3) is 3.30. The molecule has 0 aliphatic heterocycles. The average molecular weight is 293 g/mol. The van der Waals surface area contributed by atoms with Crippen LogP contribution in [0.5, 0.6) is 5.75 Å². The monoisotopic (exact) mass is 293 g/mol. The Labute approximate surface area is 122 Å². The first-order valence-corrected chi connectivity index (χ1v) is 6.82. The summed E-state index contributed by atoms with van der Waals surface area (Å²) in [4.78, 5) is 23.9. The molecule has 2 unspecified atom stereocenters. The minimum absolute atomic E-state index is 0.107. The lowest BCUT2D eigenvalue weighted by Crippen LogP contribution is -2.33. The molecule has 1 fully saturated rings. The van der Waals surface area contributed by atoms with Gasteiger partial charge in [-0.15, -0.1) is 0 Å². The number of hydrogen-bond donors (Lipinski definition) is 1. The molecule has 1 aliphatic carbocycles. The Morgan fingerprint density at radius 2 is 2.14 bits per heavy atom. The number of nitrogens with zero attached hydrogens (tertiary/aromatic N) is 2. The van der Waals surface area contributed by atoms with Crippen molar-refractivity contribution in [2.75, 3.05) is 14.1 Å². The first-order chi connectivity index (χ1) is 9.90. The van der Waals surface area contributed by atoms with E-state index in [0.717, 1.165) is 19.3 Å². The van der Waals surface area contributed by atoms with Crippen LogP contribution in [0.3, 0.4) is 0 Å². The number of benzene rings is 1. The van der Waals surface area contributed by atoms with Crippen LogP contribution >= 0.6 is 0 Å². The van der Waals surface area contributed by atoms with Crippen molar-refractivity contribution in [2.45, 2.75) is 31.4 Å². The van der Waals surface area contributed by atoms with E-state index in [-0.39, 0.29) is 29.5 Å². The van der Waals surface area contributed by atoms with Crippen molar-refractivity contribution in [1.82, 2.24) is 4.90 Å². The molecule has 0 saturated heterocycles. The normalized spacial score (nSPS) is 21.1. The van der Waals surface area contributed by atoms with E-state index in [2.05, 4.69) is 0 Å². The van der Waals surface area contributed by atoms with Gasteiger partial charge in [-0.3, -0.25) is 14.9 Å². The van der Waals surface area contributed by atoms with E-state index in [0.29, 0.717) is 5.56 Å². The fourth-order valence-corrected chi connectivity index (χ4v) is 2.41. The zero-order chi connectivity index (χ0) is 15.6. The zero-order valence-corrected chi connectivity index (χ0v) is 12.1. The van der Waals surface area contributed by atoms with Crippen molar-refractivity contribution >= 4 is 11.6 Å². The molecule has 1 amide bonds. The molecule has 2 N–H and O–H groups in total. The van der Waals surface area contributed by atoms with Crippen molar-refractivity contribution in [3.05, 3.63) is 33.9 Å². The number of ether oxygens (including phenoxy) is 1. The molecule has 7 heteroatoms. The third-order valence-corrected chi connectivity index (χ3v) is 3.59. The Bertz CT molecular complexity index is 559. The SMILES string of the molecule is CN(C)C(=O)c1ccc([N+](=O)[O-])c(OC2CCCC2N)c1. The number of rotatable bonds is 4. The third-order valence-electron chi connectivity index (χ3n) is 3.59. The Morgan fingerprint density at radius 1 is 1.43 bits per heavy atom. The predicted molar refractivity (Wildman–Crippen MR) is 77.4 cm³/mol. The quantitative estimate of drug-likeness (QED) is 0.671. The Morgan fingerprint density at radius 3 is 2.67 bits per heavy atom. The van der Waals surface area contributed by atoms with Gasteiger partial charge in [0.25, 0.3) is 5.91 Å². The first-order valence-electron chi connectivity index (χ1n) is 6.82. The summed E-state index contributed by atoms with van der Waals surface area (Å²) in [6.07, 6.45) is 2.31. The van der Waals surface area contributed by atoms with E-state index in [1.54, 1.807) is 14.1 Å². The maximum atomic E-state index is 12.0. The minimum Gasteiger partial charge on any atom is -0.482 e. The van der Waals surface area contributed by atoms with Gasteiger partial charge < -0.3 is 15.4 Å². The molecule has 0 radical (unpaired) electrons. The number of amides is 1. The van der Waals surface area contributed by atoms with Gasteiger partial charge in [-0.2, -0.15) is 0 Å². The summed E-state index contributed by atoms with van der Waals surface area (Å²) in [5.74, 6) is -0.125. The molecule has 0 heterocycles. The minimum atomic E-state index is -0.514. The number of nitrogens with two attached hydrogens (primary N) is 1. The molecule has 0 spiro atoms. The van der Waals surface area contributed by atoms with Crippen molar-refractivity contribution < 1.29 is 14.5 Å². The predicted octanol–water partition coefficient (Wildman–Crippen LogP) is 1.56. The molecule has 2 rings (SSSR count). The lowest BCUT2D eigenvalue weighted by molar-refractivity contribution is -0.386. The van der Waals surface area contributed by atoms with E-state index >= 15 is 0 Å². The molecule has 1 aliphatic rings. The summed E-state index contributed by atoms with van der Waals surface area (Å²) < 4.78 is 5.71. The summed E-state index contributed by atoms with van der Waals surface area (Å²) >= 11 is 0. The fourth-order valence-electron chi connectivity index (χ4n) is 2.41. The van der Waals surface area contributed by atoms with Crippen molar-refractivity contribution in [3.63, 3.8) is 0 Å². The molecule has 114 valence electrons. The maximum Gasteiger partial charge on any atom is 0.310 e. The van der Waals surface area contributed by atoms with Gasteiger partial charge in [0.2, 0.25) is 0 Å². The number of hydrogen-bond acceptors (Lipinski definition) is 5. The van der Waals surface area contributed by atoms with Crippen LogP contribution in [0.15, 0.2) is 18.2 Å². The van der Waals surface area contributed by atoms with Crippen LogP contribution in [-0.4, -0.2) is 42.0 Å². The number of carbonyl (C=O) groups excluding carboxylic acids is 1. The molecular weight excluding hydrogens is 274 g/mol. The van der Waals surface area contributed by atoms with E-state index < -0.39 is 4.92 Å². The maximum absolute atomic E-state index is 12.0. The van der Waals surface area contributed by atoms with E-state index in [1.807, 2.05) is 0 Å². The topological polar surface area (TPSA) is 98.7 Å². The molecule has 0 bridgehead atoms. The summed E-state index contributed by atoms with van der Waals surface area (Å²) in [5, 5.41) is 11.1. The summed E-state index contributed by atoms with van der Waals surface area (Å²) in [5.41, 5.74) is 6.13. The Balaban J connectivity index is 2.33. The van der Waals surface area contributed by atoms with Crippen LogP contribution in [0.4, 0.5) is 5.69 Å². The number of nitro groups is 1. The van der Waals surface area contributed by atoms with Gasteiger partial charge in [-0.1, -0.05) is 0 Å². The summed E-state index contributed by atoms with van der Waals surface area (Å²) in [6.45, 7) is 0. The van der Waals surface area contributed by atoms with Crippen LogP contribution in [0.2, 0.25) is 0 Å². The molecular formula is C14H19N3O4. The zero-order valence-electron chi connectivity index (χ0n) is 12.1. The second-order valence-electron chi connectivity index (χ2n) is 5.39. The van der Waals surface area contributed by atoms with Gasteiger partial charge in [-0.25, -0.2) is 0 Å². The van der Waals surface area contributed by atoms with Crippen LogP contribution in [0.25, 0.3) is 0 Å². The van der Waals surface area contributed by atoms with Gasteiger partial charge in [-0.05, 0) is 25.3 Å². The first kappa shape index (κ1) is 15.2. The van der Waals surface area contributed by atoms with Crippen LogP contribution < -0.4 is 10.5 Å². The number of carbonyl (C=O) groups is 1. The van der Waals surface area contributed by atoms with Crippen LogP contribution in [-0.2, 0) is 0 Å². The molecule has 21 heavy (non-hydrogen) atoms. The second kappa shape index (κ2) is 6.09.